The van der Waals surface area contributed by atoms with Crippen LogP contribution in [0.4, 0.5) is 4.79 Å². The van der Waals surface area contributed by atoms with Gasteiger partial charge in [0.25, 0.3) is 0 Å². The fourth-order valence-electron chi connectivity index (χ4n) is 3.64. The molecule has 3 rings (SSSR count). The van der Waals surface area contributed by atoms with Gasteiger partial charge in [-0.1, -0.05) is 84.4 Å². The SMILES string of the molecule is COC(=O)C(CSC#Cc1cccc2ccccc12)NC(=O)C(Cc1ccccc1)NC(=O)OC(C)(C)C. The Morgan fingerprint density at radius 3 is 2.29 bits per heavy atom. The molecule has 0 spiro atoms. The van der Waals surface area contributed by atoms with Crippen LogP contribution in [0.2, 0.25) is 0 Å². The third kappa shape index (κ3) is 8.86. The highest BCUT2D eigenvalue weighted by Gasteiger charge is 2.29. The maximum absolute atomic E-state index is 13.2. The summed E-state index contributed by atoms with van der Waals surface area (Å²) in [5, 5.41) is 10.5. The molecule has 0 saturated heterocycles. The molecule has 198 valence electrons. The van der Waals surface area contributed by atoms with Crippen LogP contribution >= 0.6 is 11.8 Å². The van der Waals surface area contributed by atoms with Crippen molar-refractivity contribution in [3.63, 3.8) is 0 Å². The van der Waals surface area contributed by atoms with Gasteiger partial charge in [0.05, 0.1) is 7.11 Å². The number of hydrogen-bond donors (Lipinski definition) is 2. The minimum absolute atomic E-state index is 0.167. The summed E-state index contributed by atoms with van der Waals surface area (Å²) < 4.78 is 10.2. The zero-order valence-corrected chi connectivity index (χ0v) is 22.8. The smallest absolute Gasteiger partial charge is 0.408 e. The Morgan fingerprint density at radius 1 is 0.895 bits per heavy atom. The number of amides is 2. The number of rotatable bonds is 8. The number of nitrogens with one attached hydrogen (secondary N) is 2. The van der Waals surface area contributed by atoms with E-state index in [9.17, 15) is 14.4 Å². The molecule has 0 bridgehead atoms. The molecule has 8 heteroatoms. The van der Waals surface area contributed by atoms with Gasteiger partial charge in [0.15, 0.2) is 0 Å². The molecule has 0 aliphatic carbocycles. The van der Waals surface area contributed by atoms with Gasteiger partial charge >= 0.3 is 12.1 Å². The van der Waals surface area contributed by atoms with E-state index in [0.29, 0.717) is 0 Å². The first kappa shape index (κ1) is 28.6. The highest BCUT2D eigenvalue weighted by atomic mass is 32.2. The second-order valence-corrected chi connectivity index (χ2v) is 10.4. The molecular weight excluding hydrogens is 500 g/mol. The number of esters is 1. The maximum Gasteiger partial charge on any atom is 0.408 e. The first-order chi connectivity index (χ1) is 18.2. The average molecular weight is 533 g/mol. The summed E-state index contributed by atoms with van der Waals surface area (Å²) in [6.45, 7) is 5.22. The van der Waals surface area contributed by atoms with Crippen molar-refractivity contribution in [3.8, 4) is 11.2 Å². The average Bonchev–Trinajstić information content (AvgIpc) is 2.89. The Kier molecular flexibility index (Phi) is 10.2. The van der Waals surface area contributed by atoms with Crippen molar-refractivity contribution < 1.29 is 23.9 Å². The van der Waals surface area contributed by atoms with E-state index in [1.807, 2.05) is 72.8 Å². The number of alkyl carbamates (subject to hydrolysis) is 1. The lowest BCUT2D eigenvalue weighted by atomic mass is 10.1. The van der Waals surface area contributed by atoms with Crippen molar-refractivity contribution in [2.24, 2.45) is 0 Å². The Balaban J connectivity index is 1.71. The third-order valence-electron chi connectivity index (χ3n) is 5.39. The molecule has 3 aromatic carbocycles. The summed E-state index contributed by atoms with van der Waals surface area (Å²) in [5.74, 6) is 2.17. The quantitative estimate of drug-likeness (QED) is 0.323. The summed E-state index contributed by atoms with van der Waals surface area (Å²) in [6, 6.07) is 21.2. The number of hydrogen-bond acceptors (Lipinski definition) is 6. The van der Waals surface area contributed by atoms with Gasteiger partial charge in [0, 0.05) is 17.7 Å². The number of carbonyl (C=O) groups excluding carboxylic acids is 3. The fraction of sp³-hybridized carbons (Fsp3) is 0.300. The van der Waals surface area contributed by atoms with E-state index in [1.54, 1.807) is 20.8 Å². The van der Waals surface area contributed by atoms with Crippen LogP contribution in [-0.2, 0) is 25.5 Å². The number of ether oxygens (including phenoxy) is 2. The lowest BCUT2D eigenvalue weighted by Crippen LogP contribution is -2.54. The molecule has 0 heterocycles. The van der Waals surface area contributed by atoms with E-state index in [2.05, 4.69) is 21.8 Å². The van der Waals surface area contributed by atoms with E-state index in [0.717, 1.165) is 21.9 Å². The molecule has 38 heavy (non-hydrogen) atoms. The number of methoxy groups -OCH3 is 1. The highest BCUT2D eigenvalue weighted by Crippen LogP contribution is 2.18. The van der Waals surface area contributed by atoms with Crippen LogP contribution in [0, 0.1) is 11.2 Å². The molecule has 0 aliphatic rings. The van der Waals surface area contributed by atoms with Gasteiger partial charge < -0.3 is 20.1 Å². The summed E-state index contributed by atoms with van der Waals surface area (Å²) in [6.07, 6.45) is -0.507. The van der Waals surface area contributed by atoms with E-state index in [4.69, 9.17) is 9.47 Å². The second-order valence-electron chi connectivity index (χ2n) is 9.54. The van der Waals surface area contributed by atoms with Crippen molar-refractivity contribution in [3.05, 3.63) is 83.9 Å². The van der Waals surface area contributed by atoms with Gasteiger partial charge in [0.2, 0.25) is 5.91 Å². The van der Waals surface area contributed by atoms with E-state index in [1.165, 1.54) is 18.9 Å². The van der Waals surface area contributed by atoms with Crippen molar-refractivity contribution in [2.75, 3.05) is 12.9 Å². The van der Waals surface area contributed by atoms with Crippen molar-refractivity contribution >= 4 is 40.5 Å². The molecule has 2 N–H and O–H groups in total. The predicted octanol–water partition coefficient (Wildman–Crippen LogP) is 4.68. The van der Waals surface area contributed by atoms with Crippen LogP contribution < -0.4 is 10.6 Å². The lowest BCUT2D eigenvalue weighted by molar-refractivity contribution is -0.144. The van der Waals surface area contributed by atoms with E-state index >= 15 is 0 Å². The number of carbonyl (C=O) groups is 3. The first-order valence-corrected chi connectivity index (χ1v) is 13.2. The fourth-order valence-corrected chi connectivity index (χ4v) is 4.29. The van der Waals surface area contributed by atoms with Gasteiger partial charge in [-0.05, 0) is 48.4 Å². The standard InChI is InChI=1S/C30H32N2O5S/c1-30(2,3)37-29(35)32-25(19-21-11-6-5-7-12-21)27(33)31-26(28(34)36-4)20-38-18-17-23-15-10-14-22-13-8-9-16-24(22)23/h5-16,25-26H,19-20H2,1-4H3,(H,31,33)(H,32,35). The second kappa shape index (κ2) is 13.5. The minimum Gasteiger partial charge on any atom is -0.467 e. The van der Waals surface area contributed by atoms with Crippen LogP contribution in [0.5, 0.6) is 0 Å². The Labute approximate surface area is 227 Å². The van der Waals surface area contributed by atoms with E-state index in [-0.39, 0.29) is 12.2 Å². The Bertz CT molecular complexity index is 1320. The zero-order valence-electron chi connectivity index (χ0n) is 21.9. The minimum atomic E-state index is -0.967. The monoisotopic (exact) mass is 532 g/mol. The zero-order chi connectivity index (χ0) is 27.5. The van der Waals surface area contributed by atoms with Crippen LogP contribution in [0.15, 0.2) is 72.8 Å². The van der Waals surface area contributed by atoms with Gasteiger partial charge in [0.1, 0.15) is 17.7 Å². The molecule has 2 amide bonds. The van der Waals surface area contributed by atoms with Crippen LogP contribution in [-0.4, -0.2) is 48.5 Å². The molecule has 0 radical (unpaired) electrons. The summed E-state index contributed by atoms with van der Waals surface area (Å²) in [4.78, 5) is 38.2. The van der Waals surface area contributed by atoms with Crippen molar-refractivity contribution in [1.29, 1.82) is 0 Å². The molecule has 3 aromatic rings. The Morgan fingerprint density at radius 2 is 1.58 bits per heavy atom. The molecule has 0 aliphatic heterocycles. The Hall–Kier alpha value is -3.96. The molecule has 0 fully saturated rings. The van der Waals surface area contributed by atoms with Gasteiger partial charge in [-0.3, -0.25) is 4.79 Å². The number of fused-ring (bicyclic) bond motifs is 1. The van der Waals surface area contributed by atoms with Crippen LogP contribution in [0.25, 0.3) is 10.8 Å². The third-order valence-corrected chi connectivity index (χ3v) is 6.14. The summed E-state index contributed by atoms with van der Waals surface area (Å²) in [7, 11) is 1.26. The van der Waals surface area contributed by atoms with Crippen LogP contribution in [0.1, 0.15) is 31.9 Å². The molecule has 2 unspecified atom stereocenters. The highest BCUT2D eigenvalue weighted by molar-refractivity contribution is 8.03. The van der Waals surface area contributed by atoms with Crippen molar-refractivity contribution in [2.45, 2.75) is 44.9 Å². The van der Waals surface area contributed by atoms with E-state index < -0.39 is 35.7 Å². The normalized spacial score (nSPS) is 12.4. The first-order valence-electron chi connectivity index (χ1n) is 12.2. The molecule has 0 aromatic heterocycles. The molecule has 2 atom stereocenters. The molecule has 0 saturated carbocycles. The van der Waals surface area contributed by atoms with Gasteiger partial charge in [-0.15, -0.1) is 0 Å². The van der Waals surface area contributed by atoms with Gasteiger partial charge in [-0.25, -0.2) is 9.59 Å². The topological polar surface area (TPSA) is 93.7 Å². The summed E-state index contributed by atoms with van der Waals surface area (Å²) in [5.41, 5.74) is 0.985. The van der Waals surface area contributed by atoms with Gasteiger partial charge in [-0.2, -0.15) is 0 Å². The predicted molar refractivity (Wildman–Crippen MR) is 151 cm³/mol. The molecule has 7 nitrogen and oxygen atoms in total. The number of benzene rings is 3. The lowest BCUT2D eigenvalue weighted by Gasteiger charge is -2.24. The largest absolute Gasteiger partial charge is 0.467 e. The van der Waals surface area contributed by atoms with Crippen LogP contribution in [0.3, 0.4) is 0 Å². The number of thioether (sulfide) groups is 1. The van der Waals surface area contributed by atoms with Crippen molar-refractivity contribution in [1.82, 2.24) is 10.6 Å². The maximum atomic E-state index is 13.2. The molecular formula is C30H32N2O5S. The summed E-state index contributed by atoms with van der Waals surface area (Å²) >= 11 is 1.20.